The van der Waals surface area contributed by atoms with Gasteiger partial charge in [-0.15, -0.1) is 11.6 Å². The van der Waals surface area contributed by atoms with Gasteiger partial charge in [0.25, 0.3) is 0 Å². The van der Waals surface area contributed by atoms with Crippen LogP contribution in [0.15, 0.2) is 24.3 Å². The van der Waals surface area contributed by atoms with Crippen LogP contribution < -0.4 is 0 Å². The normalized spacial score (nSPS) is 13.6. The van der Waals surface area contributed by atoms with Crippen LogP contribution in [0.1, 0.15) is 18.1 Å². The highest BCUT2D eigenvalue weighted by molar-refractivity contribution is 6.30. The maximum Gasteiger partial charge on any atom is 0.416 e. The van der Waals surface area contributed by atoms with Crippen LogP contribution in [0, 0.1) is 0 Å². The van der Waals surface area contributed by atoms with Crippen molar-refractivity contribution in [3.63, 3.8) is 0 Å². The standard InChI is InChI=1S/C11H10ClF3O/c1-7(16)10(12)6-8-3-2-4-9(5-8)11(13,14)15/h2-5,10H,6H2,1H3/t10-/m1/s1. The molecule has 5 heteroatoms. The zero-order chi connectivity index (χ0) is 12.3. The quantitative estimate of drug-likeness (QED) is 0.751. The van der Waals surface area contributed by atoms with Crippen molar-refractivity contribution in [2.75, 3.05) is 0 Å². The van der Waals surface area contributed by atoms with E-state index in [4.69, 9.17) is 11.6 Å². The van der Waals surface area contributed by atoms with Gasteiger partial charge in [-0.3, -0.25) is 4.79 Å². The number of carbonyl (C=O) groups excluding carboxylic acids is 1. The van der Waals surface area contributed by atoms with Gasteiger partial charge in [-0.05, 0) is 25.0 Å². The Balaban J connectivity index is 2.87. The molecule has 1 atom stereocenters. The van der Waals surface area contributed by atoms with E-state index in [-0.39, 0.29) is 12.2 Å². The third kappa shape index (κ3) is 3.52. The van der Waals surface area contributed by atoms with E-state index in [2.05, 4.69) is 0 Å². The monoisotopic (exact) mass is 250 g/mol. The summed E-state index contributed by atoms with van der Waals surface area (Å²) >= 11 is 5.69. The van der Waals surface area contributed by atoms with Gasteiger partial charge in [0.1, 0.15) is 5.78 Å². The number of alkyl halides is 4. The summed E-state index contributed by atoms with van der Waals surface area (Å²) in [5, 5.41) is -0.775. The van der Waals surface area contributed by atoms with Crippen LogP contribution in [-0.4, -0.2) is 11.2 Å². The summed E-state index contributed by atoms with van der Waals surface area (Å²) in [6.45, 7) is 1.31. The molecule has 0 aliphatic carbocycles. The molecule has 16 heavy (non-hydrogen) atoms. The van der Waals surface area contributed by atoms with Crippen molar-refractivity contribution < 1.29 is 18.0 Å². The van der Waals surface area contributed by atoms with Crippen molar-refractivity contribution in [3.05, 3.63) is 35.4 Å². The number of hydrogen-bond donors (Lipinski definition) is 0. The first-order valence-electron chi connectivity index (χ1n) is 4.61. The Bertz CT molecular complexity index is 387. The van der Waals surface area contributed by atoms with E-state index in [1.807, 2.05) is 0 Å². The van der Waals surface area contributed by atoms with Gasteiger partial charge in [-0.25, -0.2) is 0 Å². The van der Waals surface area contributed by atoms with Crippen molar-refractivity contribution in [1.29, 1.82) is 0 Å². The molecule has 0 aromatic heterocycles. The topological polar surface area (TPSA) is 17.1 Å². The van der Waals surface area contributed by atoms with Crippen LogP contribution in [0.2, 0.25) is 0 Å². The molecule has 0 unspecified atom stereocenters. The van der Waals surface area contributed by atoms with Gasteiger partial charge < -0.3 is 0 Å². The Morgan fingerprint density at radius 3 is 2.56 bits per heavy atom. The molecule has 1 aromatic rings. The number of rotatable bonds is 3. The lowest BCUT2D eigenvalue weighted by molar-refractivity contribution is -0.137. The van der Waals surface area contributed by atoms with Crippen LogP contribution in [0.4, 0.5) is 13.2 Å². The number of Topliss-reactive ketones (excluding diaryl/α,β-unsaturated/α-hetero) is 1. The van der Waals surface area contributed by atoms with Crippen LogP contribution in [0.3, 0.4) is 0 Å². The van der Waals surface area contributed by atoms with Gasteiger partial charge in [0.15, 0.2) is 0 Å². The molecule has 0 amide bonds. The van der Waals surface area contributed by atoms with Gasteiger partial charge in [0.2, 0.25) is 0 Å². The van der Waals surface area contributed by atoms with E-state index in [9.17, 15) is 18.0 Å². The van der Waals surface area contributed by atoms with E-state index < -0.39 is 17.1 Å². The lowest BCUT2D eigenvalue weighted by Gasteiger charge is -2.10. The average molecular weight is 251 g/mol. The van der Waals surface area contributed by atoms with E-state index in [1.54, 1.807) is 0 Å². The lowest BCUT2D eigenvalue weighted by atomic mass is 10.0. The molecule has 1 nitrogen and oxygen atoms in total. The Morgan fingerprint density at radius 1 is 1.44 bits per heavy atom. The molecule has 0 N–H and O–H groups in total. The maximum absolute atomic E-state index is 12.4. The van der Waals surface area contributed by atoms with Crippen LogP contribution in [0.25, 0.3) is 0 Å². The van der Waals surface area contributed by atoms with E-state index >= 15 is 0 Å². The maximum atomic E-state index is 12.4. The number of carbonyl (C=O) groups is 1. The minimum atomic E-state index is -4.37. The van der Waals surface area contributed by atoms with Crippen LogP contribution in [-0.2, 0) is 17.4 Å². The summed E-state index contributed by atoms with van der Waals surface area (Å²) in [6.07, 6.45) is -4.26. The molecule has 0 heterocycles. The summed E-state index contributed by atoms with van der Waals surface area (Å²) < 4.78 is 37.1. The molecule has 0 saturated carbocycles. The molecular weight excluding hydrogens is 241 g/mol. The number of hydrogen-bond acceptors (Lipinski definition) is 1. The number of benzene rings is 1. The number of ketones is 1. The van der Waals surface area contributed by atoms with E-state index in [0.29, 0.717) is 5.56 Å². The first-order valence-corrected chi connectivity index (χ1v) is 5.05. The molecule has 0 spiro atoms. The SMILES string of the molecule is CC(=O)[C@H](Cl)Cc1cccc(C(F)(F)F)c1. The van der Waals surface area contributed by atoms with Crippen molar-refractivity contribution >= 4 is 17.4 Å². The van der Waals surface area contributed by atoms with Gasteiger partial charge in [0, 0.05) is 0 Å². The summed E-state index contributed by atoms with van der Waals surface area (Å²) in [5.41, 5.74) is -0.317. The highest BCUT2D eigenvalue weighted by atomic mass is 35.5. The highest BCUT2D eigenvalue weighted by Gasteiger charge is 2.30. The van der Waals surface area contributed by atoms with Crippen molar-refractivity contribution in [1.82, 2.24) is 0 Å². The van der Waals surface area contributed by atoms with Gasteiger partial charge in [0.05, 0.1) is 10.9 Å². The Labute approximate surface area is 96.2 Å². The third-order valence-corrected chi connectivity index (χ3v) is 2.57. The minimum absolute atomic E-state index is 0.112. The molecule has 0 aliphatic rings. The molecular formula is C11H10ClF3O. The highest BCUT2D eigenvalue weighted by Crippen LogP contribution is 2.29. The summed E-state index contributed by atoms with van der Waals surface area (Å²) in [7, 11) is 0. The summed E-state index contributed by atoms with van der Waals surface area (Å²) in [6, 6.07) is 4.83. The van der Waals surface area contributed by atoms with Gasteiger partial charge in [-0.1, -0.05) is 18.2 Å². The van der Waals surface area contributed by atoms with E-state index in [0.717, 1.165) is 12.1 Å². The summed E-state index contributed by atoms with van der Waals surface area (Å²) in [4.78, 5) is 10.9. The molecule has 0 fully saturated rings. The van der Waals surface area contributed by atoms with Crippen molar-refractivity contribution in [2.45, 2.75) is 24.9 Å². The second-order valence-corrected chi connectivity index (χ2v) is 4.01. The second kappa shape index (κ2) is 4.87. The smallest absolute Gasteiger partial charge is 0.298 e. The predicted molar refractivity (Wildman–Crippen MR) is 55.5 cm³/mol. The largest absolute Gasteiger partial charge is 0.416 e. The molecule has 1 rings (SSSR count). The molecule has 0 radical (unpaired) electrons. The fourth-order valence-corrected chi connectivity index (χ4v) is 1.40. The van der Waals surface area contributed by atoms with Gasteiger partial charge >= 0.3 is 6.18 Å². The van der Waals surface area contributed by atoms with Crippen molar-refractivity contribution in [3.8, 4) is 0 Å². The van der Waals surface area contributed by atoms with Gasteiger partial charge in [-0.2, -0.15) is 13.2 Å². The second-order valence-electron chi connectivity index (χ2n) is 3.48. The first-order chi connectivity index (χ1) is 7.30. The molecule has 0 aliphatic heterocycles. The summed E-state index contributed by atoms with van der Waals surface area (Å²) in [5.74, 6) is -0.251. The van der Waals surface area contributed by atoms with Crippen LogP contribution in [0.5, 0.6) is 0 Å². The zero-order valence-electron chi connectivity index (χ0n) is 8.51. The predicted octanol–water partition coefficient (Wildman–Crippen LogP) is 3.44. The Morgan fingerprint density at radius 2 is 2.06 bits per heavy atom. The molecule has 1 aromatic carbocycles. The first kappa shape index (κ1) is 13.0. The number of halogens is 4. The Hall–Kier alpha value is -1.03. The van der Waals surface area contributed by atoms with Crippen molar-refractivity contribution in [2.24, 2.45) is 0 Å². The zero-order valence-corrected chi connectivity index (χ0v) is 9.27. The lowest BCUT2D eigenvalue weighted by Crippen LogP contribution is -2.14. The average Bonchev–Trinajstić information content (AvgIpc) is 2.16. The molecule has 0 saturated heterocycles. The fourth-order valence-electron chi connectivity index (χ4n) is 1.23. The minimum Gasteiger partial charge on any atom is -0.298 e. The third-order valence-electron chi connectivity index (χ3n) is 2.11. The van der Waals surface area contributed by atoms with E-state index in [1.165, 1.54) is 19.1 Å². The van der Waals surface area contributed by atoms with Crippen LogP contribution >= 0.6 is 11.6 Å². The fraction of sp³-hybridized carbons (Fsp3) is 0.364. The molecule has 88 valence electrons. The molecule has 0 bridgehead atoms. The Kier molecular flexibility index (Phi) is 3.97.